The highest BCUT2D eigenvalue weighted by molar-refractivity contribution is 9.10. The van der Waals surface area contributed by atoms with Crippen molar-refractivity contribution in [3.05, 3.63) is 58.0 Å². The molecule has 2 aliphatic rings. The number of carbonyl (C=O) groups excluding carboxylic acids is 2. The zero-order valence-electron chi connectivity index (χ0n) is 12.3. The van der Waals surface area contributed by atoms with Gasteiger partial charge in [-0.05, 0) is 47.0 Å². The molecule has 0 radical (unpaired) electrons. The van der Waals surface area contributed by atoms with Gasteiger partial charge in [0.2, 0.25) is 0 Å². The van der Waals surface area contributed by atoms with E-state index in [-0.39, 0.29) is 17.6 Å². The maximum Gasteiger partial charge on any atom is 0.339 e. The molecule has 2 aromatic rings. The summed E-state index contributed by atoms with van der Waals surface area (Å²) >= 11 is 3.21. The molecule has 0 bridgehead atoms. The van der Waals surface area contributed by atoms with Gasteiger partial charge >= 0.3 is 5.97 Å². The second-order valence-corrected chi connectivity index (χ2v) is 6.64. The summed E-state index contributed by atoms with van der Waals surface area (Å²) in [6.07, 6.45) is 1.50. The zero-order chi connectivity index (χ0) is 16.0. The van der Waals surface area contributed by atoms with Crippen LogP contribution < -0.4 is 0 Å². The van der Waals surface area contributed by atoms with Crippen LogP contribution >= 0.6 is 15.9 Å². The number of piperidine rings is 1. The van der Waals surface area contributed by atoms with Crippen LogP contribution in [-0.4, -0.2) is 29.9 Å². The molecule has 118 valence electrons. The van der Waals surface area contributed by atoms with Crippen molar-refractivity contribution >= 4 is 27.8 Å². The second-order valence-electron chi connectivity index (χ2n) is 5.86. The number of nitrogens with zero attached hydrogens (tertiary/aromatic N) is 1. The van der Waals surface area contributed by atoms with Crippen LogP contribution in [0.2, 0.25) is 0 Å². The molecule has 4 rings (SSSR count). The Bertz CT molecular complexity index is 799. The minimum absolute atomic E-state index is 0.185. The van der Waals surface area contributed by atoms with E-state index in [2.05, 4.69) is 15.9 Å². The summed E-state index contributed by atoms with van der Waals surface area (Å²) in [5.74, 6) is -0.211. The fraction of sp³-hybridized carbons (Fsp3) is 0.294. The number of benzene rings is 1. The quantitative estimate of drug-likeness (QED) is 0.717. The topological polar surface area (TPSA) is 59.8 Å². The second kappa shape index (κ2) is 5.23. The predicted octanol–water partition coefficient (Wildman–Crippen LogP) is 3.34. The summed E-state index contributed by atoms with van der Waals surface area (Å²) in [7, 11) is 0. The van der Waals surface area contributed by atoms with Gasteiger partial charge in [-0.2, -0.15) is 0 Å². The van der Waals surface area contributed by atoms with Crippen molar-refractivity contribution in [2.75, 3.05) is 13.1 Å². The van der Waals surface area contributed by atoms with Crippen LogP contribution in [0.3, 0.4) is 0 Å². The molecule has 1 fully saturated rings. The predicted molar refractivity (Wildman–Crippen MR) is 85.1 cm³/mol. The lowest BCUT2D eigenvalue weighted by Gasteiger charge is -2.39. The van der Waals surface area contributed by atoms with Gasteiger partial charge in [0.15, 0.2) is 16.0 Å². The summed E-state index contributed by atoms with van der Waals surface area (Å²) < 4.78 is 11.6. The maximum atomic E-state index is 12.6. The highest BCUT2D eigenvalue weighted by Gasteiger charge is 2.48. The number of furan rings is 1. The van der Waals surface area contributed by atoms with E-state index in [1.807, 2.05) is 18.2 Å². The monoisotopic (exact) mass is 375 g/mol. The minimum Gasteiger partial charge on any atom is -0.449 e. The molecule has 1 aromatic carbocycles. The van der Waals surface area contributed by atoms with Gasteiger partial charge in [0.25, 0.3) is 5.91 Å². The lowest BCUT2D eigenvalue weighted by molar-refractivity contribution is -0.0447. The summed E-state index contributed by atoms with van der Waals surface area (Å²) in [5.41, 5.74) is 0.747. The average Bonchev–Trinajstić information content (AvgIpc) is 3.10. The Labute approximate surface area is 141 Å². The molecule has 6 heteroatoms. The maximum absolute atomic E-state index is 12.6. The largest absolute Gasteiger partial charge is 0.449 e. The van der Waals surface area contributed by atoms with Crippen LogP contribution in [-0.2, 0) is 10.3 Å². The Kier molecular flexibility index (Phi) is 3.30. The van der Waals surface area contributed by atoms with E-state index < -0.39 is 5.60 Å². The Balaban J connectivity index is 1.66. The summed E-state index contributed by atoms with van der Waals surface area (Å²) in [4.78, 5) is 26.5. The Morgan fingerprint density at radius 3 is 2.83 bits per heavy atom. The Hall–Kier alpha value is -2.08. The number of carbonyl (C=O) groups is 2. The van der Waals surface area contributed by atoms with Gasteiger partial charge in [0, 0.05) is 12.1 Å². The molecule has 23 heavy (non-hydrogen) atoms. The van der Waals surface area contributed by atoms with Crippen LogP contribution in [0.25, 0.3) is 0 Å². The fourth-order valence-corrected chi connectivity index (χ4v) is 3.74. The third-order valence-electron chi connectivity index (χ3n) is 4.45. The lowest BCUT2D eigenvalue weighted by atomic mass is 9.85. The molecule has 2 aliphatic heterocycles. The van der Waals surface area contributed by atoms with Gasteiger partial charge in [0.1, 0.15) is 0 Å². The number of hydrogen-bond acceptors (Lipinski definition) is 4. The number of halogens is 1. The van der Waals surface area contributed by atoms with Crippen molar-refractivity contribution < 1.29 is 18.7 Å². The first kappa shape index (κ1) is 14.5. The molecule has 1 unspecified atom stereocenters. The standard InChI is InChI=1S/C17H14BrNO4/c18-14-7-6-13(22-14)15(20)19-9-3-8-17(10-19)12-5-2-1-4-11(12)16(21)23-17/h1-2,4-7H,3,8-10H2. The summed E-state index contributed by atoms with van der Waals surface area (Å²) in [6, 6.07) is 10.7. The van der Waals surface area contributed by atoms with Gasteiger partial charge in [-0.15, -0.1) is 0 Å². The molecule has 1 amide bonds. The third-order valence-corrected chi connectivity index (χ3v) is 4.88. The van der Waals surface area contributed by atoms with Crippen LogP contribution in [0.15, 0.2) is 45.5 Å². The first-order valence-corrected chi connectivity index (χ1v) is 8.26. The number of fused-ring (bicyclic) bond motifs is 2. The molecule has 0 N–H and O–H groups in total. The van der Waals surface area contributed by atoms with Crippen LogP contribution in [0.4, 0.5) is 0 Å². The molecular weight excluding hydrogens is 362 g/mol. The first-order valence-electron chi connectivity index (χ1n) is 7.46. The van der Waals surface area contributed by atoms with E-state index in [1.165, 1.54) is 0 Å². The van der Waals surface area contributed by atoms with Crippen molar-refractivity contribution in [1.82, 2.24) is 4.90 Å². The van der Waals surface area contributed by atoms with E-state index in [1.54, 1.807) is 23.1 Å². The van der Waals surface area contributed by atoms with Crippen molar-refractivity contribution in [2.45, 2.75) is 18.4 Å². The lowest BCUT2D eigenvalue weighted by Crippen LogP contribution is -2.48. The van der Waals surface area contributed by atoms with Crippen molar-refractivity contribution in [1.29, 1.82) is 0 Å². The highest BCUT2D eigenvalue weighted by Crippen LogP contribution is 2.43. The summed E-state index contributed by atoms with van der Waals surface area (Å²) in [6.45, 7) is 0.978. The van der Waals surface area contributed by atoms with Crippen LogP contribution in [0.5, 0.6) is 0 Å². The SMILES string of the molecule is O=C1OC2(CCCN(C(=O)c3ccc(Br)o3)C2)c2ccccc21. The number of amides is 1. The molecule has 1 spiro atoms. The van der Waals surface area contributed by atoms with E-state index in [0.29, 0.717) is 23.3 Å². The molecule has 1 atom stereocenters. The van der Waals surface area contributed by atoms with Gasteiger partial charge in [-0.3, -0.25) is 4.79 Å². The van der Waals surface area contributed by atoms with E-state index in [0.717, 1.165) is 18.4 Å². The van der Waals surface area contributed by atoms with Gasteiger partial charge in [-0.25, -0.2) is 4.79 Å². The Morgan fingerprint density at radius 1 is 1.22 bits per heavy atom. The number of likely N-dealkylation sites (tertiary alicyclic amines) is 1. The summed E-state index contributed by atoms with van der Waals surface area (Å²) in [5, 5.41) is 0. The number of rotatable bonds is 1. The van der Waals surface area contributed by atoms with Crippen molar-refractivity contribution in [2.24, 2.45) is 0 Å². The average molecular weight is 376 g/mol. The molecule has 3 heterocycles. The first-order chi connectivity index (χ1) is 11.1. The van der Waals surface area contributed by atoms with Gasteiger partial charge in [-0.1, -0.05) is 18.2 Å². The molecule has 0 saturated carbocycles. The highest BCUT2D eigenvalue weighted by atomic mass is 79.9. The van der Waals surface area contributed by atoms with Crippen molar-refractivity contribution in [3.8, 4) is 0 Å². The minimum atomic E-state index is -0.731. The Morgan fingerprint density at radius 2 is 2.04 bits per heavy atom. The molecule has 5 nitrogen and oxygen atoms in total. The van der Waals surface area contributed by atoms with E-state index >= 15 is 0 Å². The normalized spacial score (nSPS) is 23.0. The van der Waals surface area contributed by atoms with E-state index in [4.69, 9.17) is 9.15 Å². The fourth-order valence-electron chi connectivity index (χ4n) is 3.43. The number of ether oxygens (including phenoxy) is 1. The number of esters is 1. The van der Waals surface area contributed by atoms with Crippen LogP contribution in [0, 0.1) is 0 Å². The number of hydrogen-bond donors (Lipinski definition) is 0. The molecular formula is C17H14BrNO4. The molecule has 0 aliphatic carbocycles. The van der Waals surface area contributed by atoms with Crippen LogP contribution in [0.1, 0.15) is 39.3 Å². The molecule has 1 aromatic heterocycles. The van der Waals surface area contributed by atoms with E-state index in [9.17, 15) is 9.59 Å². The van der Waals surface area contributed by atoms with Gasteiger partial charge < -0.3 is 14.1 Å². The smallest absolute Gasteiger partial charge is 0.339 e. The molecule has 1 saturated heterocycles. The van der Waals surface area contributed by atoms with Crippen molar-refractivity contribution in [3.63, 3.8) is 0 Å². The van der Waals surface area contributed by atoms with Gasteiger partial charge in [0.05, 0.1) is 12.1 Å². The third kappa shape index (κ3) is 2.28. The zero-order valence-corrected chi connectivity index (χ0v) is 13.8.